The summed E-state index contributed by atoms with van der Waals surface area (Å²) in [7, 11) is 2.05. The summed E-state index contributed by atoms with van der Waals surface area (Å²) < 4.78 is 6.10. The second kappa shape index (κ2) is 15.6. The number of nitrogens with one attached hydrogen (secondary N) is 2. The molecule has 13 nitrogen and oxygen atoms in total. The molecule has 5 amide bonds. The minimum absolute atomic E-state index is 0.0602. The Morgan fingerprint density at radius 2 is 1.62 bits per heavy atom. The number of anilines is 2. The smallest absolute Gasteiger partial charge is 0.262 e. The van der Waals surface area contributed by atoms with Crippen LogP contribution in [0.3, 0.4) is 0 Å². The van der Waals surface area contributed by atoms with E-state index in [2.05, 4.69) is 38.5 Å². The Morgan fingerprint density at radius 3 is 2.30 bits per heavy atom. The highest BCUT2D eigenvalue weighted by atomic mass is 35.5. The maximum absolute atomic E-state index is 13.4. The monoisotopic (exact) mass is 777 g/mol. The lowest BCUT2D eigenvalue weighted by Gasteiger charge is -2.39. The van der Waals surface area contributed by atoms with E-state index >= 15 is 0 Å². The standard InChI is InChI=1S/C42H44ClN7O6/c1-47(32-9-4-26(23-44)35(43)21-32)29-10-5-28(6-11-29)45-39(52)25-2-7-30(8-3-25)48-16-14-31(15-17-48)49-18-19-56-37-22-34-33(20-27(37)24-49)41(54)50(42(34)55)36-12-13-38(51)46-40(36)53/h2-4,7-9,20-22,28-29,31,36H,5-6,10-19,24H2,1H3,(H,45,52)(H,46,51,53). The summed E-state index contributed by atoms with van der Waals surface area (Å²) in [5.41, 5.74) is 4.49. The summed E-state index contributed by atoms with van der Waals surface area (Å²) in [6.07, 6.45) is 5.70. The zero-order valence-electron chi connectivity index (χ0n) is 31.3. The van der Waals surface area contributed by atoms with Crippen LogP contribution in [0.1, 0.15) is 93.6 Å². The number of piperidine rings is 2. The molecule has 1 aliphatic carbocycles. The van der Waals surface area contributed by atoms with Crippen LogP contribution in [0, 0.1) is 11.3 Å². The number of carbonyl (C=O) groups is 5. The van der Waals surface area contributed by atoms with Gasteiger partial charge in [-0.15, -0.1) is 0 Å². The molecule has 1 saturated carbocycles. The average Bonchev–Trinajstić information content (AvgIpc) is 3.32. The summed E-state index contributed by atoms with van der Waals surface area (Å²) >= 11 is 6.27. The summed E-state index contributed by atoms with van der Waals surface area (Å²) in [6.45, 7) is 3.43. The minimum atomic E-state index is -1.01. The lowest BCUT2D eigenvalue weighted by Crippen LogP contribution is -2.54. The van der Waals surface area contributed by atoms with Crippen LogP contribution >= 0.6 is 11.6 Å². The van der Waals surface area contributed by atoms with Crippen molar-refractivity contribution < 1.29 is 28.7 Å². The lowest BCUT2D eigenvalue weighted by atomic mass is 9.90. The zero-order chi connectivity index (χ0) is 39.1. The highest BCUT2D eigenvalue weighted by Gasteiger charge is 2.45. The number of nitriles is 1. The number of benzene rings is 3. The van der Waals surface area contributed by atoms with Gasteiger partial charge in [0.2, 0.25) is 11.8 Å². The van der Waals surface area contributed by atoms with E-state index in [4.69, 9.17) is 16.3 Å². The first-order valence-electron chi connectivity index (χ1n) is 19.4. The first kappa shape index (κ1) is 37.5. The van der Waals surface area contributed by atoms with Crippen LogP contribution in [0.2, 0.25) is 5.02 Å². The average molecular weight is 778 g/mol. The van der Waals surface area contributed by atoms with Crippen molar-refractivity contribution in [2.75, 3.05) is 43.1 Å². The van der Waals surface area contributed by atoms with Crippen LogP contribution < -0.4 is 25.2 Å². The maximum atomic E-state index is 13.4. The summed E-state index contributed by atoms with van der Waals surface area (Å²) in [5.74, 6) is -1.58. The van der Waals surface area contributed by atoms with Gasteiger partial charge >= 0.3 is 0 Å². The molecule has 2 N–H and O–H groups in total. The van der Waals surface area contributed by atoms with Crippen molar-refractivity contribution in [3.05, 3.63) is 87.4 Å². The van der Waals surface area contributed by atoms with E-state index in [1.807, 2.05) is 36.4 Å². The molecular formula is C42H44ClN7O6. The second-order valence-electron chi connectivity index (χ2n) is 15.4. The predicted octanol–water partition coefficient (Wildman–Crippen LogP) is 4.65. The van der Waals surface area contributed by atoms with Gasteiger partial charge in [-0.1, -0.05) is 11.6 Å². The van der Waals surface area contributed by atoms with Crippen molar-refractivity contribution >= 4 is 52.5 Å². The summed E-state index contributed by atoms with van der Waals surface area (Å²) in [5, 5.41) is 15.1. The Morgan fingerprint density at radius 1 is 0.911 bits per heavy atom. The van der Waals surface area contributed by atoms with Gasteiger partial charge in [0.15, 0.2) is 0 Å². The molecule has 4 heterocycles. The lowest BCUT2D eigenvalue weighted by molar-refractivity contribution is -0.136. The van der Waals surface area contributed by atoms with E-state index in [9.17, 15) is 29.2 Å². The molecule has 14 heteroatoms. The van der Waals surface area contributed by atoms with E-state index in [-0.39, 0.29) is 35.9 Å². The number of fused-ring (bicyclic) bond motifs is 2. The molecular weight excluding hydrogens is 734 g/mol. The number of nitrogens with zero attached hydrogens (tertiary/aromatic N) is 5. The van der Waals surface area contributed by atoms with Crippen LogP contribution in [0.15, 0.2) is 54.6 Å². The molecule has 1 atom stereocenters. The van der Waals surface area contributed by atoms with Crippen molar-refractivity contribution in [2.24, 2.45) is 0 Å². The maximum Gasteiger partial charge on any atom is 0.262 e. The fourth-order valence-electron chi connectivity index (χ4n) is 8.90. The largest absolute Gasteiger partial charge is 0.492 e. The molecule has 5 aliphatic rings. The molecule has 3 aromatic rings. The number of hydrogen-bond acceptors (Lipinski definition) is 10. The molecule has 3 aromatic carbocycles. The first-order valence-corrected chi connectivity index (χ1v) is 19.8. The first-order chi connectivity index (χ1) is 27.1. The van der Waals surface area contributed by atoms with Crippen LogP contribution in [0.5, 0.6) is 5.75 Å². The number of imide groups is 2. The molecule has 290 valence electrons. The number of hydrogen-bond donors (Lipinski definition) is 2. The third kappa shape index (κ3) is 7.31. The van der Waals surface area contributed by atoms with Gasteiger partial charge in [0, 0.05) is 80.3 Å². The molecule has 4 aliphatic heterocycles. The quantitative estimate of drug-likeness (QED) is 0.324. The second-order valence-corrected chi connectivity index (χ2v) is 15.8. The predicted molar refractivity (Wildman–Crippen MR) is 209 cm³/mol. The molecule has 56 heavy (non-hydrogen) atoms. The molecule has 0 spiro atoms. The van der Waals surface area contributed by atoms with E-state index in [1.54, 1.807) is 18.2 Å². The van der Waals surface area contributed by atoms with Gasteiger partial charge in [0.1, 0.15) is 24.5 Å². The van der Waals surface area contributed by atoms with Gasteiger partial charge in [0.25, 0.3) is 17.7 Å². The number of carbonyl (C=O) groups excluding carboxylic acids is 5. The number of amides is 5. The van der Waals surface area contributed by atoms with Crippen LogP contribution in [0.25, 0.3) is 0 Å². The molecule has 1 unspecified atom stereocenters. The van der Waals surface area contributed by atoms with E-state index in [0.29, 0.717) is 53.7 Å². The Bertz CT molecular complexity index is 2120. The SMILES string of the molecule is CN(c1ccc(C#N)c(Cl)c1)C1CCC(NC(=O)c2ccc(N3CCC(N4CCOc5cc6c(cc5C4)C(=O)N(C4CCC(=O)NC4=O)C6=O)CC3)cc2)CC1. The summed E-state index contributed by atoms with van der Waals surface area (Å²) in [4.78, 5) is 72.1. The van der Waals surface area contributed by atoms with E-state index in [0.717, 1.165) is 73.5 Å². The Hall–Kier alpha value is -5.45. The van der Waals surface area contributed by atoms with Crippen LogP contribution in [-0.2, 0) is 16.1 Å². The van der Waals surface area contributed by atoms with Gasteiger partial charge in [-0.05, 0) is 99.5 Å². The van der Waals surface area contributed by atoms with Crippen molar-refractivity contribution in [1.29, 1.82) is 5.26 Å². The molecule has 0 aromatic heterocycles. The van der Waals surface area contributed by atoms with Crippen molar-refractivity contribution in [1.82, 2.24) is 20.4 Å². The van der Waals surface area contributed by atoms with Gasteiger partial charge in [-0.2, -0.15) is 5.26 Å². The molecule has 3 fully saturated rings. The molecule has 2 saturated heterocycles. The summed E-state index contributed by atoms with van der Waals surface area (Å²) in [6, 6.07) is 18.6. The Kier molecular flexibility index (Phi) is 10.4. The molecule has 0 radical (unpaired) electrons. The van der Waals surface area contributed by atoms with E-state index in [1.165, 1.54) is 0 Å². The third-order valence-electron chi connectivity index (χ3n) is 12.2. The Labute approximate surface area is 330 Å². The van der Waals surface area contributed by atoms with E-state index < -0.39 is 29.7 Å². The fourth-order valence-corrected chi connectivity index (χ4v) is 9.11. The van der Waals surface area contributed by atoms with Crippen molar-refractivity contribution in [2.45, 2.75) is 82.1 Å². The number of rotatable bonds is 7. The van der Waals surface area contributed by atoms with Crippen molar-refractivity contribution in [3.8, 4) is 11.8 Å². The molecule has 8 rings (SSSR count). The number of ether oxygens (including phenoxy) is 1. The van der Waals surface area contributed by atoms with Gasteiger partial charge in [-0.3, -0.25) is 39.1 Å². The zero-order valence-corrected chi connectivity index (χ0v) is 32.0. The molecule has 0 bridgehead atoms. The van der Waals surface area contributed by atoms with Crippen molar-refractivity contribution in [3.63, 3.8) is 0 Å². The van der Waals surface area contributed by atoms with Crippen LogP contribution in [-0.4, -0.2) is 96.8 Å². The van der Waals surface area contributed by atoms with Gasteiger partial charge in [-0.25, -0.2) is 0 Å². The van der Waals surface area contributed by atoms with Crippen LogP contribution in [0.4, 0.5) is 11.4 Å². The topological polar surface area (TPSA) is 155 Å². The highest BCUT2D eigenvalue weighted by molar-refractivity contribution is 6.32. The normalized spacial score (nSPS) is 23.1. The minimum Gasteiger partial charge on any atom is -0.492 e. The van der Waals surface area contributed by atoms with Gasteiger partial charge in [0.05, 0.1) is 21.7 Å². The third-order valence-corrected chi connectivity index (χ3v) is 12.5. The number of halogens is 1. The Balaban J connectivity index is 0.826. The highest BCUT2D eigenvalue weighted by Crippen LogP contribution is 2.36. The van der Waals surface area contributed by atoms with Gasteiger partial charge < -0.3 is 19.9 Å². The fraction of sp³-hybridized carbons (Fsp3) is 0.429.